The second-order valence-corrected chi connectivity index (χ2v) is 7.09. The van der Waals surface area contributed by atoms with Crippen LogP contribution in [-0.2, 0) is 11.2 Å². The molecule has 0 radical (unpaired) electrons. The summed E-state index contributed by atoms with van der Waals surface area (Å²) in [6, 6.07) is 0. The quantitative estimate of drug-likeness (QED) is 0.915. The summed E-state index contributed by atoms with van der Waals surface area (Å²) in [7, 11) is 0. The van der Waals surface area contributed by atoms with Crippen LogP contribution in [0.3, 0.4) is 0 Å². The molecule has 1 fully saturated rings. The minimum atomic E-state index is -0.813. The Hall–Kier alpha value is -1.10. The van der Waals surface area contributed by atoms with Crippen LogP contribution in [0.4, 0.5) is 5.69 Å². The van der Waals surface area contributed by atoms with Crippen molar-refractivity contribution in [2.45, 2.75) is 40.0 Å². The Kier molecular flexibility index (Phi) is 4.37. The van der Waals surface area contributed by atoms with Gasteiger partial charge in [0.05, 0.1) is 16.6 Å². The molecule has 1 aromatic heterocycles. The molecule has 1 saturated heterocycles. The zero-order chi connectivity index (χ0) is 14.9. The lowest BCUT2D eigenvalue weighted by Crippen LogP contribution is -2.38. The third-order valence-corrected chi connectivity index (χ3v) is 4.66. The fourth-order valence-corrected chi connectivity index (χ4v) is 3.24. The van der Waals surface area contributed by atoms with Crippen molar-refractivity contribution in [3.63, 3.8) is 0 Å². The number of hydrogen-bond donors (Lipinski definition) is 1. The van der Waals surface area contributed by atoms with Gasteiger partial charge in [-0.25, -0.2) is 0 Å². The maximum absolute atomic E-state index is 11.1. The number of aromatic nitrogens is 1. The molecule has 0 aromatic carbocycles. The predicted octanol–water partition coefficient (Wildman–Crippen LogP) is 3.41. The Labute approximate surface area is 128 Å². The van der Waals surface area contributed by atoms with Gasteiger partial charge in [0.15, 0.2) is 0 Å². The van der Waals surface area contributed by atoms with Gasteiger partial charge in [-0.05, 0) is 41.1 Å². The van der Waals surface area contributed by atoms with Crippen LogP contribution in [-0.4, -0.2) is 29.1 Å². The summed E-state index contributed by atoms with van der Waals surface area (Å²) in [5.74, 6) is -0.813. The van der Waals surface area contributed by atoms with Crippen LogP contribution in [0.15, 0.2) is 10.7 Å². The molecule has 0 saturated carbocycles. The second-order valence-electron chi connectivity index (χ2n) is 6.24. The number of rotatable bonds is 3. The molecule has 20 heavy (non-hydrogen) atoms. The van der Waals surface area contributed by atoms with Crippen LogP contribution in [0.1, 0.15) is 37.9 Å². The second kappa shape index (κ2) is 5.72. The van der Waals surface area contributed by atoms with E-state index in [1.165, 1.54) is 0 Å². The lowest BCUT2D eigenvalue weighted by atomic mass is 9.82. The largest absolute Gasteiger partial charge is 0.481 e. The van der Waals surface area contributed by atoms with Crippen molar-refractivity contribution in [1.29, 1.82) is 0 Å². The summed E-state index contributed by atoms with van der Waals surface area (Å²) < 4.78 is 0.888. The zero-order valence-corrected chi connectivity index (χ0v) is 13.8. The molecule has 2 heterocycles. The highest BCUT2D eigenvalue weighted by Crippen LogP contribution is 2.37. The molecule has 4 nitrogen and oxygen atoms in total. The summed E-state index contributed by atoms with van der Waals surface area (Å²) in [6.45, 7) is 8.37. The molecule has 110 valence electrons. The first-order chi connectivity index (χ1) is 9.30. The number of halogens is 1. The molecule has 1 aromatic rings. The smallest absolute Gasteiger partial charge is 0.307 e. The number of aliphatic carboxylic acids is 1. The van der Waals surface area contributed by atoms with Gasteiger partial charge in [0.25, 0.3) is 0 Å². The molecule has 0 unspecified atom stereocenters. The third kappa shape index (κ3) is 3.32. The lowest BCUT2D eigenvalue weighted by Gasteiger charge is -2.39. The topological polar surface area (TPSA) is 53.4 Å². The van der Waals surface area contributed by atoms with E-state index in [9.17, 15) is 4.79 Å². The number of hydrogen-bond acceptors (Lipinski definition) is 3. The van der Waals surface area contributed by atoms with Gasteiger partial charge in [-0.2, -0.15) is 0 Å². The number of anilines is 1. The van der Waals surface area contributed by atoms with Crippen LogP contribution in [0.2, 0.25) is 0 Å². The highest BCUT2D eigenvalue weighted by Gasteiger charge is 2.28. The third-order valence-electron chi connectivity index (χ3n) is 4.08. The summed E-state index contributed by atoms with van der Waals surface area (Å²) in [5.41, 5.74) is 3.01. The van der Waals surface area contributed by atoms with Crippen molar-refractivity contribution >= 4 is 27.6 Å². The lowest BCUT2D eigenvalue weighted by molar-refractivity contribution is -0.136. The summed E-state index contributed by atoms with van der Waals surface area (Å²) in [6.07, 6.45) is 4.03. The Morgan fingerprint density at radius 3 is 2.60 bits per heavy atom. The fourth-order valence-electron chi connectivity index (χ4n) is 2.65. The van der Waals surface area contributed by atoms with Crippen LogP contribution in [0, 0.1) is 12.3 Å². The Morgan fingerprint density at radius 1 is 1.45 bits per heavy atom. The van der Waals surface area contributed by atoms with E-state index >= 15 is 0 Å². The van der Waals surface area contributed by atoms with E-state index < -0.39 is 5.97 Å². The molecule has 1 aliphatic heterocycles. The van der Waals surface area contributed by atoms with Gasteiger partial charge >= 0.3 is 5.97 Å². The molecule has 2 rings (SSSR count). The number of carbonyl (C=O) groups is 1. The van der Waals surface area contributed by atoms with Gasteiger partial charge in [0, 0.05) is 30.5 Å². The Morgan fingerprint density at radius 2 is 2.05 bits per heavy atom. The van der Waals surface area contributed by atoms with Gasteiger partial charge in [-0.15, -0.1) is 0 Å². The SMILES string of the molecule is Cc1ncc(Br)c(N2CCC(C)(C)CC2)c1CC(=O)O. The van der Waals surface area contributed by atoms with Gasteiger partial charge in [0.2, 0.25) is 0 Å². The van der Waals surface area contributed by atoms with E-state index in [2.05, 4.69) is 39.7 Å². The minimum Gasteiger partial charge on any atom is -0.481 e. The fraction of sp³-hybridized carbons (Fsp3) is 0.600. The number of carboxylic acid groups (broad SMARTS) is 1. The number of aryl methyl sites for hydroxylation is 1. The van der Waals surface area contributed by atoms with E-state index in [0.717, 1.165) is 47.3 Å². The number of carboxylic acids is 1. The molecule has 0 aliphatic carbocycles. The maximum Gasteiger partial charge on any atom is 0.307 e. The van der Waals surface area contributed by atoms with Crippen molar-refractivity contribution < 1.29 is 9.90 Å². The van der Waals surface area contributed by atoms with Crippen LogP contribution in [0.5, 0.6) is 0 Å². The highest BCUT2D eigenvalue weighted by molar-refractivity contribution is 9.10. The first kappa shape index (κ1) is 15.3. The van der Waals surface area contributed by atoms with Crippen LogP contribution < -0.4 is 4.90 Å². The number of piperidine rings is 1. The van der Waals surface area contributed by atoms with E-state index in [0.29, 0.717) is 5.41 Å². The standard InChI is InChI=1S/C15H21BrN2O2/c1-10-11(8-13(19)20)14(12(16)9-17-10)18-6-4-15(2,3)5-7-18/h9H,4-8H2,1-3H3,(H,19,20). The average Bonchev–Trinajstić information content (AvgIpc) is 2.35. The molecule has 0 spiro atoms. The molecule has 1 N–H and O–H groups in total. The van der Waals surface area contributed by atoms with Crippen molar-refractivity contribution in [3.05, 3.63) is 21.9 Å². The van der Waals surface area contributed by atoms with E-state index in [4.69, 9.17) is 5.11 Å². The molecule has 0 bridgehead atoms. The normalized spacial score (nSPS) is 18.1. The Bertz CT molecular complexity index is 519. The Balaban J connectivity index is 2.35. The molecule has 0 atom stereocenters. The highest BCUT2D eigenvalue weighted by atomic mass is 79.9. The van der Waals surface area contributed by atoms with Crippen LogP contribution in [0.25, 0.3) is 0 Å². The van der Waals surface area contributed by atoms with Gasteiger partial charge in [-0.1, -0.05) is 13.8 Å². The van der Waals surface area contributed by atoms with E-state index in [1.54, 1.807) is 6.20 Å². The molecule has 1 aliphatic rings. The van der Waals surface area contributed by atoms with Gasteiger partial charge < -0.3 is 10.0 Å². The average molecular weight is 341 g/mol. The summed E-state index contributed by atoms with van der Waals surface area (Å²) >= 11 is 3.54. The number of nitrogens with zero attached hydrogens (tertiary/aromatic N) is 2. The number of pyridine rings is 1. The van der Waals surface area contributed by atoms with Crippen molar-refractivity contribution in [2.24, 2.45) is 5.41 Å². The predicted molar refractivity (Wildman–Crippen MR) is 83.2 cm³/mol. The monoisotopic (exact) mass is 340 g/mol. The van der Waals surface area contributed by atoms with E-state index in [1.807, 2.05) is 6.92 Å². The van der Waals surface area contributed by atoms with Crippen molar-refractivity contribution in [3.8, 4) is 0 Å². The summed E-state index contributed by atoms with van der Waals surface area (Å²) in [4.78, 5) is 17.7. The molecular formula is C15H21BrN2O2. The van der Waals surface area contributed by atoms with Crippen LogP contribution >= 0.6 is 15.9 Å². The zero-order valence-electron chi connectivity index (χ0n) is 12.2. The molecule has 0 amide bonds. The first-order valence-electron chi connectivity index (χ1n) is 6.91. The summed E-state index contributed by atoms with van der Waals surface area (Å²) in [5, 5.41) is 9.13. The van der Waals surface area contributed by atoms with E-state index in [-0.39, 0.29) is 6.42 Å². The minimum absolute atomic E-state index is 0.0213. The molecular weight excluding hydrogens is 320 g/mol. The molecule has 5 heteroatoms. The van der Waals surface area contributed by atoms with Crippen molar-refractivity contribution in [1.82, 2.24) is 4.98 Å². The van der Waals surface area contributed by atoms with Gasteiger partial charge in [-0.3, -0.25) is 9.78 Å². The maximum atomic E-state index is 11.1. The first-order valence-corrected chi connectivity index (χ1v) is 7.70. The van der Waals surface area contributed by atoms with Crippen molar-refractivity contribution in [2.75, 3.05) is 18.0 Å². The van der Waals surface area contributed by atoms with Gasteiger partial charge in [0.1, 0.15) is 0 Å².